The highest BCUT2D eigenvalue weighted by molar-refractivity contribution is 6.37. The number of anilines is 1. The molecule has 118 valence electrons. The topological polar surface area (TPSA) is 79.9 Å². The lowest BCUT2D eigenvalue weighted by molar-refractivity contribution is -0.144. The predicted molar refractivity (Wildman–Crippen MR) is 72.4 cm³/mol. The van der Waals surface area contributed by atoms with E-state index in [2.05, 4.69) is 15.4 Å². The summed E-state index contributed by atoms with van der Waals surface area (Å²) >= 11 is 11.7. The third kappa shape index (κ3) is 3.42. The Morgan fingerprint density at radius 2 is 1.91 bits per heavy atom. The van der Waals surface area contributed by atoms with Crippen LogP contribution in [0, 0.1) is 0 Å². The summed E-state index contributed by atoms with van der Waals surface area (Å²) in [5.41, 5.74) is 0.00848. The SMILES string of the molecule is COc1c(Cl)cc(C(=O)Nc2n[nH]c(C(F)(F)F)n2)cc1Cl. The Balaban J connectivity index is 2.21. The van der Waals surface area contributed by atoms with Crippen molar-refractivity contribution < 1.29 is 22.7 Å². The second kappa shape index (κ2) is 6.01. The van der Waals surface area contributed by atoms with Gasteiger partial charge >= 0.3 is 6.18 Å². The Morgan fingerprint density at radius 1 is 1.32 bits per heavy atom. The zero-order valence-corrected chi connectivity index (χ0v) is 12.3. The van der Waals surface area contributed by atoms with Crippen LogP contribution in [0.25, 0.3) is 0 Å². The molecule has 0 saturated carbocycles. The van der Waals surface area contributed by atoms with Crippen molar-refractivity contribution in [2.45, 2.75) is 6.18 Å². The van der Waals surface area contributed by atoms with Gasteiger partial charge in [-0.05, 0) is 12.1 Å². The highest BCUT2D eigenvalue weighted by Crippen LogP contribution is 2.34. The van der Waals surface area contributed by atoms with Crippen molar-refractivity contribution in [2.75, 3.05) is 12.4 Å². The Kier molecular flexibility index (Phi) is 4.47. The third-order valence-corrected chi connectivity index (χ3v) is 3.01. The molecular formula is C11H7Cl2F3N4O2. The number of aromatic nitrogens is 3. The van der Waals surface area contributed by atoms with E-state index in [0.29, 0.717) is 0 Å². The molecule has 0 fully saturated rings. The van der Waals surface area contributed by atoms with Crippen molar-refractivity contribution >= 4 is 35.1 Å². The number of aromatic amines is 1. The molecule has 2 rings (SSSR count). The highest BCUT2D eigenvalue weighted by atomic mass is 35.5. The first-order chi connectivity index (χ1) is 10.2. The molecular weight excluding hydrogens is 348 g/mol. The summed E-state index contributed by atoms with van der Waals surface area (Å²) in [6.45, 7) is 0. The first kappa shape index (κ1) is 16.4. The molecule has 0 aliphatic carbocycles. The Bertz CT molecular complexity index is 695. The van der Waals surface area contributed by atoms with Crippen molar-refractivity contribution in [2.24, 2.45) is 0 Å². The van der Waals surface area contributed by atoms with E-state index in [1.54, 1.807) is 5.10 Å². The molecule has 22 heavy (non-hydrogen) atoms. The molecule has 0 aliphatic rings. The molecule has 1 amide bonds. The van der Waals surface area contributed by atoms with Crippen LogP contribution in [0.1, 0.15) is 16.2 Å². The smallest absolute Gasteiger partial charge is 0.451 e. The van der Waals surface area contributed by atoms with Crippen molar-refractivity contribution in [1.82, 2.24) is 15.2 Å². The fraction of sp³-hybridized carbons (Fsp3) is 0.182. The number of methoxy groups -OCH3 is 1. The number of nitrogens with one attached hydrogen (secondary N) is 2. The van der Waals surface area contributed by atoms with Gasteiger partial charge in [-0.3, -0.25) is 15.2 Å². The standard InChI is InChI=1S/C11H7Cl2F3N4O2/c1-22-7-5(12)2-4(3-6(7)13)8(21)17-10-18-9(19-20-10)11(14,15)16/h2-3H,1H3,(H2,17,18,19,20,21). The second-order valence-electron chi connectivity index (χ2n) is 3.93. The van der Waals surface area contributed by atoms with Crippen LogP contribution < -0.4 is 10.1 Å². The van der Waals surface area contributed by atoms with Gasteiger partial charge in [0.15, 0.2) is 5.75 Å². The average molecular weight is 355 g/mol. The minimum atomic E-state index is -4.69. The zero-order valence-electron chi connectivity index (χ0n) is 10.8. The summed E-state index contributed by atoms with van der Waals surface area (Å²) in [6, 6.07) is 2.50. The molecule has 1 aromatic heterocycles. The molecule has 0 saturated heterocycles. The predicted octanol–water partition coefficient (Wildman–Crippen LogP) is 3.39. The third-order valence-electron chi connectivity index (χ3n) is 2.44. The molecule has 0 radical (unpaired) electrons. The molecule has 0 aliphatic heterocycles. The largest absolute Gasteiger partial charge is 0.494 e. The number of hydrogen-bond donors (Lipinski definition) is 2. The molecule has 1 heterocycles. The van der Waals surface area contributed by atoms with E-state index >= 15 is 0 Å². The van der Waals surface area contributed by atoms with Crippen LogP contribution in [0.4, 0.5) is 19.1 Å². The summed E-state index contributed by atoms with van der Waals surface area (Å²) in [6.07, 6.45) is -4.69. The van der Waals surface area contributed by atoms with Crippen molar-refractivity contribution in [3.8, 4) is 5.75 Å². The van der Waals surface area contributed by atoms with E-state index in [1.807, 2.05) is 0 Å². The number of nitrogens with zero attached hydrogens (tertiary/aromatic N) is 2. The number of H-pyrrole nitrogens is 1. The van der Waals surface area contributed by atoms with Crippen molar-refractivity contribution in [3.05, 3.63) is 33.6 Å². The van der Waals surface area contributed by atoms with E-state index in [0.717, 1.165) is 0 Å². The van der Waals surface area contributed by atoms with Gasteiger partial charge < -0.3 is 4.74 Å². The van der Waals surface area contributed by atoms with Crippen LogP contribution in [0.15, 0.2) is 12.1 Å². The van der Waals surface area contributed by atoms with Gasteiger partial charge in [0.05, 0.1) is 17.2 Å². The maximum atomic E-state index is 12.4. The Labute approximate surface area is 131 Å². The maximum absolute atomic E-state index is 12.4. The lowest BCUT2D eigenvalue weighted by Crippen LogP contribution is -2.13. The molecule has 0 spiro atoms. The minimum Gasteiger partial charge on any atom is -0.494 e. The first-order valence-electron chi connectivity index (χ1n) is 5.56. The van der Waals surface area contributed by atoms with Gasteiger partial charge in [-0.1, -0.05) is 23.2 Å². The summed E-state index contributed by atoms with van der Waals surface area (Å²) in [7, 11) is 1.35. The van der Waals surface area contributed by atoms with Crippen LogP contribution >= 0.6 is 23.2 Å². The number of carbonyl (C=O) groups excluding carboxylic acids is 1. The molecule has 2 aromatic rings. The summed E-state index contributed by atoms with van der Waals surface area (Å²) in [4.78, 5) is 15.0. The Hall–Kier alpha value is -2.00. The van der Waals surface area contributed by atoms with E-state index in [1.165, 1.54) is 19.2 Å². The summed E-state index contributed by atoms with van der Waals surface area (Å²) in [5.74, 6) is -2.45. The zero-order chi connectivity index (χ0) is 16.5. The van der Waals surface area contributed by atoms with E-state index in [9.17, 15) is 18.0 Å². The number of benzene rings is 1. The van der Waals surface area contributed by atoms with Crippen LogP contribution in [-0.4, -0.2) is 28.2 Å². The van der Waals surface area contributed by atoms with E-state index in [-0.39, 0.29) is 21.4 Å². The van der Waals surface area contributed by atoms with Gasteiger partial charge in [-0.15, -0.1) is 5.10 Å². The number of alkyl halides is 3. The van der Waals surface area contributed by atoms with E-state index < -0.39 is 23.9 Å². The maximum Gasteiger partial charge on any atom is 0.451 e. The van der Waals surface area contributed by atoms with Crippen LogP contribution in [0.5, 0.6) is 5.75 Å². The quantitative estimate of drug-likeness (QED) is 0.885. The highest BCUT2D eigenvalue weighted by Gasteiger charge is 2.35. The molecule has 0 unspecified atom stereocenters. The second-order valence-corrected chi connectivity index (χ2v) is 4.75. The molecule has 6 nitrogen and oxygen atoms in total. The summed E-state index contributed by atoms with van der Waals surface area (Å²) in [5, 5.41) is 7.16. The van der Waals surface area contributed by atoms with Gasteiger partial charge in [0.25, 0.3) is 5.91 Å². The van der Waals surface area contributed by atoms with Gasteiger partial charge in [-0.2, -0.15) is 18.2 Å². The molecule has 11 heteroatoms. The fourth-order valence-electron chi connectivity index (χ4n) is 1.50. The lowest BCUT2D eigenvalue weighted by Gasteiger charge is -2.08. The number of halogens is 5. The van der Waals surface area contributed by atoms with Gasteiger partial charge in [0.1, 0.15) is 0 Å². The van der Waals surface area contributed by atoms with Crippen LogP contribution in [0.3, 0.4) is 0 Å². The fourth-order valence-corrected chi connectivity index (χ4v) is 2.15. The average Bonchev–Trinajstić information content (AvgIpc) is 2.86. The molecule has 2 N–H and O–H groups in total. The number of rotatable bonds is 3. The van der Waals surface area contributed by atoms with E-state index in [4.69, 9.17) is 27.9 Å². The van der Waals surface area contributed by atoms with Crippen LogP contribution in [-0.2, 0) is 6.18 Å². The minimum absolute atomic E-state index is 0.00848. The molecule has 0 bridgehead atoms. The number of amides is 1. The molecule has 0 atom stereocenters. The van der Waals surface area contributed by atoms with Crippen molar-refractivity contribution in [3.63, 3.8) is 0 Å². The molecule has 1 aromatic carbocycles. The normalized spacial score (nSPS) is 11.4. The lowest BCUT2D eigenvalue weighted by atomic mass is 10.2. The van der Waals surface area contributed by atoms with Gasteiger partial charge in [0.2, 0.25) is 11.8 Å². The monoisotopic (exact) mass is 354 g/mol. The van der Waals surface area contributed by atoms with Crippen molar-refractivity contribution in [1.29, 1.82) is 0 Å². The first-order valence-corrected chi connectivity index (χ1v) is 6.32. The number of carbonyl (C=O) groups is 1. The number of hydrogen-bond acceptors (Lipinski definition) is 4. The van der Waals surface area contributed by atoms with Crippen LogP contribution in [0.2, 0.25) is 10.0 Å². The van der Waals surface area contributed by atoms with Gasteiger partial charge in [0, 0.05) is 5.56 Å². The summed E-state index contributed by atoms with van der Waals surface area (Å²) < 4.78 is 42.0. The Morgan fingerprint density at radius 3 is 2.36 bits per heavy atom. The number of ether oxygens (including phenoxy) is 1. The van der Waals surface area contributed by atoms with Gasteiger partial charge in [-0.25, -0.2) is 0 Å².